The molecule has 5 aromatic carbocycles. The van der Waals surface area contributed by atoms with E-state index >= 15 is 0 Å². The minimum absolute atomic E-state index is 0.596. The van der Waals surface area contributed by atoms with Crippen LogP contribution in [0, 0.1) is 13.8 Å². The van der Waals surface area contributed by atoms with Crippen molar-refractivity contribution in [3.05, 3.63) is 185 Å². The number of ether oxygens (including phenoxy) is 2. The van der Waals surface area contributed by atoms with Gasteiger partial charge in [0.25, 0.3) is 0 Å². The third kappa shape index (κ3) is 4.68. The van der Waals surface area contributed by atoms with Crippen LogP contribution in [0.3, 0.4) is 0 Å². The minimum Gasteiger partial charge on any atom is -0.457 e. The standard InChI is InChI=1S/C46H37N3O2/c1-29-11-9-12-30(2)44(29)33-24-35(49-28-38-31-20-21-32(23-31)45(38)48-49)27-37(25-33)50-36-14-10-13-34(26-36)46(43-19-7-8-22-47-43)39-15-3-5-17-41(39)51-42-18-6-4-16-40(42)46/h3-19,22,24-28,31-32H,20-21,23H2,1-2H3/t31-,32+/m0/s1. The van der Waals surface area contributed by atoms with Crippen LogP contribution in [0.15, 0.2) is 140 Å². The molecule has 0 saturated heterocycles. The summed E-state index contributed by atoms with van der Waals surface area (Å²) in [5.41, 5.74) is 11.8. The van der Waals surface area contributed by atoms with Crippen molar-refractivity contribution in [1.82, 2.24) is 14.8 Å². The maximum Gasteiger partial charge on any atom is 0.132 e. The number of aryl methyl sites for hydroxylation is 2. The normalized spacial score (nSPS) is 17.7. The molecule has 5 nitrogen and oxygen atoms in total. The van der Waals surface area contributed by atoms with E-state index in [-0.39, 0.29) is 0 Å². The molecule has 0 spiro atoms. The Kier molecular flexibility index (Phi) is 6.79. The fraction of sp³-hybridized carbons (Fsp3) is 0.174. The molecule has 1 fully saturated rings. The van der Waals surface area contributed by atoms with Gasteiger partial charge in [0, 0.05) is 35.5 Å². The SMILES string of the molecule is Cc1cccc(C)c1-c1cc(Oc2cccc(C3(c4ccccn4)c4ccccc4Oc4ccccc43)c2)cc(-n2cc3c(n2)[C@@H]2CC[C@H]3C2)c1. The molecule has 1 saturated carbocycles. The number of para-hydroxylation sites is 2. The largest absolute Gasteiger partial charge is 0.457 e. The lowest BCUT2D eigenvalue weighted by Crippen LogP contribution is -2.35. The van der Waals surface area contributed by atoms with Crippen LogP contribution in [-0.4, -0.2) is 14.8 Å². The van der Waals surface area contributed by atoms with Crippen molar-refractivity contribution < 1.29 is 9.47 Å². The summed E-state index contributed by atoms with van der Waals surface area (Å²) in [6, 6.07) is 44.2. The average molecular weight is 664 g/mol. The zero-order valence-electron chi connectivity index (χ0n) is 28.7. The first-order valence-corrected chi connectivity index (χ1v) is 17.9. The van der Waals surface area contributed by atoms with Gasteiger partial charge in [0.15, 0.2) is 0 Å². The molecule has 2 bridgehead atoms. The number of hydrogen-bond acceptors (Lipinski definition) is 4. The molecule has 0 amide bonds. The lowest BCUT2D eigenvalue weighted by atomic mass is 9.65. The Bertz CT molecular complexity index is 2370. The highest BCUT2D eigenvalue weighted by atomic mass is 16.5. The second-order valence-corrected chi connectivity index (χ2v) is 14.3. The molecule has 2 atom stereocenters. The molecule has 5 heteroatoms. The summed E-state index contributed by atoms with van der Waals surface area (Å²) >= 11 is 0. The van der Waals surface area contributed by atoms with Crippen LogP contribution < -0.4 is 9.47 Å². The van der Waals surface area contributed by atoms with Crippen LogP contribution in [0.2, 0.25) is 0 Å². The number of hydrogen-bond donors (Lipinski definition) is 0. The van der Waals surface area contributed by atoms with Gasteiger partial charge in [-0.3, -0.25) is 4.98 Å². The van der Waals surface area contributed by atoms with Gasteiger partial charge in [-0.2, -0.15) is 5.10 Å². The topological polar surface area (TPSA) is 49.2 Å². The third-order valence-corrected chi connectivity index (χ3v) is 11.3. The fourth-order valence-corrected chi connectivity index (χ4v) is 9.11. The van der Waals surface area contributed by atoms with Gasteiger partial charge in [0.1, 0.15) is 23.0 Å². The Morgan fingerprint density at radius 3 is 2.18 bits per heavy atom. The summed E-state index contributed by atoms with van der Waals surface area (Å²) < 4.78 is 15.5. The molecule has 3 aliphatic rings. The Balaban J connectivity index is 1.13. The minimum atomic E-state index is -0.730. The Morgan fingerprint density at radius 2 is 1.43 bits per heavy atom. The maximum atomic E-state index is 6.91. The van der Waals surface area contributed by atoms with E-state index in [1.807, 2.05) is 42.6 Å². The smallest absolute Gasteiger partial charge is 0.132 e. The molecule has 248 valence electrons. The molecule has 1 aliphatic heterocycles. The van der Waals surface area contributed by atoms with Crippen LogP contribution in [-0.2, 0) is 5.41 Å². The van der Waals surface area contributed by atoms with Gasteiger partial charge in [0.05, 0.1) is 22.5 Å². The van der Waals surface area contributed by atoms with E-state index in [0.717, 1.165) is 56.6 Å². The number of nitrogens with zero attached hydrogens (tertiary/aromatic N) is 3. The summed E-state index contributed by atoms with van der Waals surface area (Å²) in [5, 5.41) is 5.17. The molecule has 2 aliphatic carbocycles. The molecular formula is C46H37N3O2. The van der Waals surface area contributed by atoms with Crippen molar-refractivity contribution in [3.63, 3.8) is 0 Å². The van der Waals surface area contributed by atoms with Crippen molar-refractivity contribution in [1.29, 1.82) is 0 Å². The zero-order chi connectivity index (χ0) is 34.1. The lowest BCUT2D eigenvalue weighted by Gasteiger charge is -2.40. The highest BCUT2D eigenvalue weighted by Gasteiger charge is 2.46. The molecule has 3 heterocycles. The highest BCUT2D eigenvalue weighted by molar-refractivity contribution is 5.74. The molecule has 2 aromatic heterocycles. The van der Waals surface area contributed by atoms with E-state index in [0.29, 0.717) is 11.8 Å². The summed E-state index contributed by atoms with van der Waals surface area (Å²) in [4.78, 5) is 5.00. The van der Waals surface area contributed by atoms with E-state index < -0.39 is 5.41 Å². The maximum absolute atomic E-state index is 6.91. The molecule has 51 heavy (non-hydrogen) atoms. The van der Waals surface area contributed by atoms with Crippen molar-refractivity contribution in [2.75, 3.05) is 0 Å². The first-order valence-electron chi connectivity index (χ1n) is 17.9. The molecule has 7 aromatic rings. The average Bonchev–Trinajstić information content (AvgIpc) is 3.90. The van der Waals surface area contributed by atoms with Crippen LogP contribution in [0.4, 0.5) is 0 Å². The van der Waals surface area contributed by atoms with Crippen molar-refractivity contribution in [2.24, 2.45) is 0 Å². The first-order chi connectivity index (χ1) is 25.1. The Labute approximate surface area is 298 Å². The predicted octanol–water partition coefficient (Wildman–Crippen LogP) is 11.2. The monoisotopic (exact) mass is 663 g/mol. The van der Waals surface area contributed by atoms with E-state index in [1.54, 1.807) is 0 Å². The van der Waals surface area contributed by atoms with Crippen LogP contribution in [0.25, 0.3) is 16.8 Å². The van der Waals surface area contributed by atoms with E-state index in [9.17, 15) is 0 Å². The second-order valence-electron chi connectivity index (χ2n) is 14.3. The summed E-state index contributed by atoms with van der Waals surface area (Å²) in [6.45, 7) is 4.36. The first kappa shape index (κ1) is 29.9. The van der Waals surface area contributed by atoms with Crippen LogP contribution in [0.1, 0.15) is 75.9 Å². The van der Waals surface area contributed by atoms with Gasteiger partial charge in [-0.05, 0) is 121 Å². The van der Waals surface area contributed by atoms with Crippen LogP contribution in [0.5, 0.6) is 23.0 Å². The van der Waals surface area contributed by atoms with Crippen molar-refractivity contribution in [2.45, 2.75) is 50.4 Å². The number of benzene rings is 5. The van der Waals surface area contributed by atoms with Gasteiger partial charge < -0.3 is 9.47 Å². The number of aromatic nitrogens is 3. The van der Waals surface area contributed by atoms with Crippen molar-refractivity contribution in [3.8, 4) is 39.8 Å². The highest BCUT2D eigenvalue weighted by Crippen LogP contribution is 2.55. The van der Waals surface area contributed by atoms with Gasteiger partial charge in [-0.25, -0.2) is 4.68 Å². The van der Waals surface area contributed by atoms with E-state index in [2.05, 4.69) is 116 Å². The summed E-state index contributed by atoms with van der Waals surface area (Å²) in [5.74, 6) is 4.39. The van der Waals surface area contributed by atoms with E-state index in [1.165, 1.54) is 47.2 Å². The van der Waals surface area contributed by atoms with Gasteiger partial charge >= 0.3 is 0 Å². The fourth-order valence-electron chi connectivity index (χ4n) is 9.11. The lowest BCUT2D eigenvalue weighted by molar-refractivity contribution is 0.431. The quantitative estimate of drug-likeness (QED) is 0.178. The molecule has 0 radical (unpaired) electrons. The Morgan fingerprint density at radius 1 is 0.706 bits per heavy atom. The zero-order valence-corrected chi connectivity index (χ0v) is 28.7. The molecule has 0 N–H and O–H groups in total. The Hall–Kier alpha value is -5.94. The van der Waals surface area contributed by atoms with Crippen LogP contribution >= 0.6 is 0 Å². The number of pyridine rings is 1. The summed E-state index contributed by atoms with van der Waals surface area (Å²) in [7, 11) is 0. The molecule has 0 unspecified atom stereocenters. The van der Waals surface area contributed by atoms with Gasteiger partial charge in [-0.15, -0.1) is 0 Å². The van der Waals surface area contributed by atoms with E-state index in [4.69, 9.17) is 19.6 Å². The van der Waals surface area contributed by atoms with Crippen molar-refractivity contribution >= 4 is 0 Å². The second kappa shape index (κ2) is 11.6. The van der Waals surface area contributed by atoms with Gasteiger partial charge in [0.2, 0.25) is 0 Å². The predicted molar refractivity (Wildman–Crippen MR) is 201 cm³/mol. The number of fused-ring (bicyclic) bond motifs is 7. The molecular weight excluding hydrogens is 627 g/mol. The summed E-state index contributed by atoms with van der Waals surface area (Å²) in [6.07, 6.45) is 7.92. The third-order valence-electron chi connectivity index (χ3n) is 11.3. The molecule has 10 rings (SSSR count). The van der Waals surface area contributed by atoms with Gasteiger partial charge in [-0.1, -0.05) is 72.8 Å². The number of rotatable bonds is 6.